The molecule has 1 heterocycles. The Kier molecular flexibility index (Phi) is 5.93. The average Bonchev–Trinajstić information content (AvgIpc) is 3.20. The lowest BCUT2D eigenvalue weighted by Crippen LogP contribution is -1.99. The summed E-state index contributed by atoms with van der Waals surface area (Å²) < 4.78 is 15.8. The molecule has 6 nitrogen and oxygen atoms in total. The van der Waals surface area contributed by atoms with E-state index in [2.05, 4.69) is 15.5 Å². The number of hydrazone groups is 1. The number of benzene rings is 2. The molecule has 0 radical (unpaired) electrons. The Bertz CT molecular complexity index is 936. The number of thiazole rings is 1. The van der Waals surface area contributed by atoms with Gasteiger partial charge in [-0.25, -0.2) is 4.98 Å². The van der Waals surface area contributed by atoms with Gasteiger partial charge in [-0.3, -0.25) is 5.43 Å². The van der Waals surface area contributed by atoms with Crippen molar-refractivity contribution >= 4 is 22.2 Å². The number of nitrogens with zero attached hydrogens (tertiary/aromatic N) is 2. The van der Waals surface area contributed by atoms with Crippen molar-refractivity contribution in [1.82, 2.24) is 4.98 Å². The van der Waals surface area contributed by atoms with Crippen LogP contribution in [0.15, 0.2) is 52.9 Å². The van der Waals surface area contributed by atoms with E-state index in [1.54, 1.807) is 21.3 Å². The Morgan fingerprint density at radius 2 is 1.70 bits per heavy atom. The predicted molar refractivity (Wildman–Crippen MR) is 109 cm³/mol. The van der Waals surface area contributed by atoms with Crippen molar-refractivity contribution < 1.29 is 14.2 Å². The summed E-state index contributed by atoms with van der Waals surface area (Å²) in [6.07, 6.45) is 0. The highest BCUT2D eigenvalue weighted by Gasteiger charge is 2.09. The summed E-state index contributed by atoms with van der Waals surface area (Å²) in [5.41, 5.74) is 6.70. The number of rotatable bonds is 7. The molecule has 0 fully saturated rings. The zero-order chi connectivity index (χ0) is 19.2. The molecule has 0 saturated heterocycles. The SMILES string of the molecule is COc1ccc(C(C)=NNc2nc(-c3ccc(OC)c(OC)c3)cs2)cc1. The molecule has 2 aromatic carbocycles. The highest BCUT2D eigenvalue weighted by atomic mass is 32.1. The fourth-order valence-corrected chi connectivity index (χ4v) is 3.14. The maximum Gasteiger partial charge on any atom is 0.203 e. The van der Waals surface area contributed by atoms with Gasteiger partial charge in [0.15, 0.2) is 11.5 Å². The normalized spacial score (nSPS) is 11.2. The molecule has 0 aliphatic rings. The van der Waals surface area contributed by atoms with Gasteiger partial charge in [0.05, 0.1) is 32.7 Å². The van der Waals surface area contributed by atoms with E-state index in [0.29, 0.717) is 16.6 Å². The Morgan fingerprint density at radius 1 is 0.963 bits per heavy atom. The fraction of sp³-hybridized carbons (Fsp3) is 0.200. The average molecular weight is 383 g/mol. The minimum Gasteiger partial charge on any atom is -0.497 e. The zero-order valence-electron chi connectivity index (χ0n) is 15.6. The Morgan fingerprint density at radius 3 is 2.37 bits per heavy atom. The van der Waals surface area contributed by atoms with Gasteiger partial charge in [-0.2, -0.15) is 5.10 Å². The lowest BCUT2D eigenvalue weighted by molar-refractivity contribution is 0.355. The van der Waals surface area contributed by atoms with Crippen molar-refractivity contribution in [2.45, 2.75) is 6.92 Å². The first kappa shape index (κ1) is 18.7. The highest BCUT2D eigenvalue weighted by molar-refractivity contribution is 7.14. The molecular formula is C20H21N3O3S. The van der Waals surface area contributed by atoms with Gasteiger partial charge < -0.3 is 14.2 Å². The van der Waals surface area contributed by atoms with E-state index >= 15 is 0 Å². The van der Waals surface area contributed by atoms with Crippen LogP contribution in [0.5, 0.6) is 17.2 Å². The van der Waals surface area contributed by atoms with Gasteiger partial charge in [-0.1, -0.05) is 0 Å². The van der Waals surface area contributed by atoms with E-state index < -0.39 is 0 Å². The topological polar surface area (TPSA) is 65.0 Å². The molecule has 0 atom stereocenters. The van der Waals surface area contributed by atoms with Gasteiger partial charge in [0, 0.05) is 10.9 Å². The minimum absolute atomic E-state index is 0.672. The van der Waals surface area contributed by atoms with Crippen LogP contribution in [0.3, 0.4) is 0 Å². The highest BCUT2D eigenvalue weighted by Crippen LogP contribution is 2.33. The zero-order valence-corrected chi connectivity index (χ0v) is 16.5. The van der Waals surface area contributed by atoms with Gasteiger partial charge in [0.2, 0.25) is 5.13 Å². The first-order valence-corrected chi connectivity index (χ1v) is 9.15. The minimum atomic E-state index is 0.672. The molecule has 0 unspecified atom stereocenters. The number of hydrogen-bond acceptors (Lipinski definition) is 7. The predicted octanol–water partition coefficient (Wildman–Crippen LogP) is 4.67. The third-order valence-electron chi connectivity index (χ3n) is 4.01. The van der Waals surface area contributed by atoms with Crippen molar-refractivity contribution in [3.05, 3.63) is 53.4 Å². The van der Waals surface area contributed by atoms with Crippen LogP contribution < -0.4 is 19.6 Å². The lowest BCUT2D eigenvalue weighted by Gasteiger charge is -2.08. The summed E-state index contributed by atoms with van der Waals surface area (Å²) in [6.45, 7) is 1.94. The molecule has 0 spiro atoms. The summed E-state index contributed by atoms with van der Waals surface area (Å²) in [6, 6.07) is 13.5. The molecule has 1 N–H and O–H groups in total. The summed E-state index contributed by atoms with van der Waals surface area (Å²) in [7, 11) is 4.88. The first-order valence-electron chi connectivity index (χ1n) is 8.27. The van der Waals surface area contributed by atoms with Crippen molar-refractivity contribution in [3.63, 3.8) is 0 Å². The van der Waals surface area contributed by atoms with Crippen LogP contribution in [0.2, 0.25) is 0 Å². The van der Waals surface area contributed by atoms with Crippen LogP contribution in [-0.4, -0.2) is 32.0 Å². The second-order valence-corrected chi connectivity index (χ2v) is 6.50. The third-order valence-corrected chi connectivity index (χ3v) is 4.76. The number of methoxy groups -OCH3 is 3. The standard InChI is InChI=1S/C20H21N3O3S/c1-13(14-5-8-16(24-2)9-6-14)22-23-20-21-17(12-27-20)15-7-10-18(25-3)19(11-15)26-4/h5-12H,1-4H3,(H,21,23). The number of aromatic nitrogens is 1. The molecule has 140 valence electrons. The summed E-state index contributed by atoms with van der Waals surface area (Å²) in [5.74, 6) is 2.18. The molecular weight excluding hydrogens is 362 g/mol. The molecule has 7 heteroatoms. The third kappa shape index (κ3) is 4.38. The van der Waals surface area contributed by atoms with Gasteiger partial charge in [0.1, 0.15) is 5.75 Å². The van der Waals surface area contributed by atoms with E-state index in [-0.39, 0.29) is 0 Å². The maximum absolute atomic E-state index is 5.35. The fourth-order valence-electron chi connectivity index (χ4n) is 2.48. The van der Waals surface area contributed by atoms with Crippen molar-refractivity contribution in [2.75, 3.05) is 26.8 Å². The molecule has 3 rings (SSSR count). The molecule has 0 aliphatic carbocycles. The Labute approximate surface area is 162 Å². The van der Waals surface area contributed by atoms with Crippen molar-refractivity contribution in [2.24, 2.45) is 5.10 Å². The first-order chi connectivity index (χ1) is 13.1. The second-order valence-electron chi connectivity index (χ2n) is 5.65. The molecule has 0 amide bonds. The van der Waals surface area contributed by atoms with E-state index in [1.165, 1.54) is 11.3 Å². The van der Waals surface area contributed by atoms with Gasteiger partial charge in [-0.05, 0) is 55.0 Å². The van der Waals surface area contributed by atoms with E-state index in [9.17, 15) is 0 Å². The maximum atomic E-state index is 5.35. The van der Waals surface area contributed by atoms with Gasteiger partial charge in [-0.15, -0.1) is 11.3 Å². The van der Waals surface area contributed by atoms with Crippen LogP contribution >= 0.6 is 11.3 Å². The van der Waals surface area contributed by atoms with Crippen LogP contribution in [0.25, 0.3) is 11.3 Å². The number of nitrogens with one attached hydrogen (secondary N) is 1. The largest absolute Gasteiger partial charge is 0.497 e. The quantitative estimate of drug-likeness (QED) is 0.474. The Balaban J connectivity index is 1.74. The van der Waals surface area contributed by atoms with Crippen LogP contribution in [0, 0.1) is 0 Å². The molecule has 0 saturated carbocycles. The number of ether oxygens (including phenoxy) is 3. The van der Waals surface area contributed by atoms with Crippen LogP contribution in [0.4, 0.5) is 5.13 Å². The molecule has 1 aromatic heterocycles. The van der Waals surface area contributed by atoms with Gasteiger partial charge >= 0.3 is 0 Å². The van der Waals surface area contributed by atoms with Crippen LogP contribution in [0.1, 0.15) is 12.5 Å². The lowest BCUT2D eigenvalue weighted by atomic mass is 10.1. The number of hydrogen-bond donors (Lipinski definition) is 1. The van der Waals surface area contributed by atoms with Crippen molar-refractivity contribution in [1.29, 1.82) is 0 Å². The number of anilines is 1. The molecule has 27 heavy (non-hydrogen) atoms. The van der Waals surface area contributed by atoms with E-state index in [1.807, 2.05) is 54.8 Å². The van der Waals surface area contributed by atoms with E-state index in [0.717, 1.165) is 28.3 Å². The summed E-state index contributed by atoms with van der Waals surface area (Å²) >= 11 is 1.49. The molecule has 0 bridgehead atoms. The van der Waals surface area contributed by atoms with Crippen molar-refractivity contribution in [3.8, 4) is 28.5 Å². The molecule has 3 aromatic rings. The summed E-state index contributed by atoms with van der Waals surface area (Å²) in [4.78, 5) is 4.59. The molecule has 0 aliphatic heterocycles. The summed E-state index contributed by atoms with van der Waals surface area (Å²) in [5, 5.41) is 7.11. The van der Waals surface area contributed by atoms with Gasteiger partial charge in [0.25, 0.3) is 0 Å². The Hall–Kier alpha value is -3.06. The smallest absolute Gasteiger partial charge is 0.203 e. The second kappa shape index (κ2) is 8.55. The monoisotopic (exact) mass is 383 g/mol. The van der Waals surface area contributed by atoms with E-state index in [4.69, 9.17) is 14.2 Å². The van der Waals surface area contributed by atoms with Crippen LogP contribution in [-0.2, 0) is 0 Å².